The van der Waals surface area contributed by atoms with E-state index in [4.69, 9.17) is 4.74 Å². The Morgan fingerprint density at radius 3 is 2.68 bits per heavy atom. The Kier molecular flexibility index (Phi) is 5.54. The number of ether oxygens (including phenoxy) is 1. The van der Waals surface area contributed by atoms with Gasteiger partial charge in [0.2, 0.25) is 5.91 Å². The van der Waals surface area contributed by atoms with Crippen LogP contribution in [0.25, 0.3) is 11.3 Å². The number of benzene rings is 2. The molecule has 1 heterocycles. The lowest BCUT2D eigenvalue weighted by atomic mass is 10.1. The first-order chi connectivity index (χ1) is 13.4. The molecule has 0 saturated heterocycles. The van der Waals surface area contributed by atoms with Crippen LogP contribution in [0.1, 0.15) is 24.1 Å². The Morgan fingerprint density at radius 1 is 1.18 bits per heavy atom. The van der Waals surface area contributed by atoms with Crippen molar-refractivity contribution >= 4 is 11.6 Å². The molecule has 1 N–H and O–H groups in total. The summed E-state index contributed by atoms with van der Waals surface area (Å²) in [6.07, 6.45) is 1.47. The predicted molar refractivity (Wildman–Crippen MR) is 108 cm³/mol. The maximum Gasteiger partial charge on any atom is 0.365 e. The molecule has 7 nitrogen and oxygen atoms in total. The summed E-state index contributed by atoms with van der Waals surface area (Å²) in [5, 5.41) is 7.01. The van der Waals surface area contributed by atoms with Crippen molar-refractivity contribution in [1.29, 1.82) is 0 Å². The summed E-state index contributed by atoms with van der Waals surface area (Å²) in [4.78, 5) is 29.1. The standard InChI is InChI=1S/C21H22N4O3/c1-13-8-9-14(2)18(10-13)23-20(26)15(3)25-21(27)24-19(12-22-25)16-6-5-7-17(11-16)28-4/h5-12,15H,1-4H3,(H,23,26). The number of aromatic nitrogens is 3. The molecule has 1 unspecified atom stereocenters. The topological polar surface area (TPSA) is 86.1 Å². The van der Waals surface area contributed by atoms with Gasteiger partial charge in [0.1, 0.15) is 11.8 Å². The van der Waals surface area contributed by atoms with Gasteiger partial charge in [-0.2, -0.15) is 10.1 Å². The monoisotopic (exact) mass is 378 g/mol. The molecule has 0 saturated carbocycles. The molecule has 144 valence electrons. The maximum atomic E-state index is 12.6. The first kappa shape index (κ1) is 19.3. The minimum atomic E-state index is -0.806. The number of nitrogens with one attached hydrogen (secondary N) is 1. The van der Waals surface area contributed by atoms with E-state index in [1.165, 1.54) is 6.20 Å². The van der Waals surface area contributed by atoms with Gasteiger partial charge in [0, 0.05) is 11.3 Å². The Balaban J connectivity index is 1.84. The van der Waals surface area contributed by atoms with Gasteiger partial charge in [-0.1, -0.05) is 24.3 Å². The number of rotatable bonds is 5. The molecule has 0 radical (unpaired) electrons. The van der Waals surface area contributed by atoms with Crippen LogP contribution in [0.2, 0.25) is 0 Å². The van der Waals surface area contributed by atoms with Crippen molar-refractivity contribution in [2.45, 2.75) is 26.8 Å². The van der Waals surface area contributed by atoms with Crippen LogP contribution in [0.5, 0.6) is 5.75 Å². The molecule has 2 aromatic carbocycles. The molecule has 28 heavy (non-hydrogen) atoms. The van der Waals surface area contributed by atoms with E-state index in [0.717, 1.165) is 15.8 Å². The molecule has 0 fully saturated rings. The van der Waals surface area contributed by atoms with Crippen LogP contribution in [-0.4, -0.2) is 27.8 Å². The smallest absolute Gasteiger partial charge is 0.365 e. The number of anilines is 1. The van der Waals surface area contributed by atoms with Gasteiger partial charge < -0.3 is 10.1 Å². The lowest BCUT2D eigenvalue weighted by Crippen LogP contribution is -2.35. The highest BCUT2D eigenvalue weighted by Gasteiger charge is 2.19. The summed E-state index contributed by atoms with van der Waals surface area (Å²) in [6.45, 7) is 5.47. The van der Waals surface area contributed by atoms with E-state index in [2.05, 4.69) is 15.4 Å². The van der Waals surface area contributed by atoms with E-state index < -0.39 is 11.7 Å². The molecular weight excluding hydrogens is 356 g/mol. The molecule has 0 bridgehead atoms. The second-order valence-electron chi connectivity index (χ2n) is 6.58. The van der Waals surface area contributed by atoms with Crippen molar-refractivity contribution in [1.82, 2.24) is 14.8 Å². The number of hydrogen-bond donors (Lipinski definition) is 1. The van der Waals surface area contributed by atoms with Gasteiger partial charge >= 0.3 is 5.69 Å². The van der Waals surface area contributed by atoms with E-state index in [1.54, 1.807) is 26.2 Å². The minimum absolute atomic E-state index is 0.334. The zero-order valence-corrected chi connectivity index (χ0v) is 16.3. The highest BCUT2D eigenvalue weighted by atomic mass is 16.5. The lowest BCUT2D eigenvalue weighted by Gasteiger charge is -2.15. The molecule has 0 aliphatic heterocycles. The van der Waals surface area contributed by atoms with Gasteiger partial charge in [-0.3, -0.25) is 4.79 Å². The summed E-state index contributed by atoms with van der Waals surface area (Å²) >= 11 is 0. The van der Waals surface area contributed by atoms with Crippen molar-refractivity contribution in [2.24, 2.45) is 0 Å². The van der Waals surface area contributed by atoms with E-state index in [0.29, 0.717) is 22.7 Å². The molecule has 7 heteroatoms. The Morgan fingerprint density at radius 2 is 1.96 bits per heavy atom. The van der Waals surface area contributed by atoms with Gasteiger partial charge in [-0.15, -0.1) is 0 Å². The average Bonchev–Trinajstić information content (AvgIpc) is 2.70. The van der Waals surface area contributed by atoms with Gasteiger partial charge in [-0.25, -0.2) is 9.48 Å². The second kappa shape index (κ2) is 8.04. The van der Waals surface area contributed by atoms with E-state index in [-0.39, 0.29) is 5.91 Å². The van der Waals surface area contributed by atoms with E-state index in [9.17, 15) is 9.59 Å². The molecule has 1 amide bonds. The average molecular weight is 378 g/mol. The van der Waals surface area contributed by atoms with Crippen LogP contribution in [0.3, 0.4) is 0 Å². The first-order valence-electron chi connectivity index (χ1n) is 8.87. The van der Waals surface area contributed by atoms with Gasteiger partial charge in [-0.05, 0) is 50.1 Å². The second-order valence-corrected chi connectivity index (χ2v) is 6.58. The SMILES string of the molecule is COc1cccc(-c2cnn(C(C)C(=O)Nc3cc(C)ccc3C)c(=O)n2)c1. The van der Waals surface area contributed by atoms with Gasteiger partial charge in [0.15, 0.2) is 0 Å². The van der Waals surface area contributed by atoms with Crippen molar-refractivity contribution in [3.63, 3.8) is 0 Å². The van der Waals surface area contributed by atoms with Crippen LogP contribution in [0.4, 0.5) is 5.69 Å². The molecular formula is C21H22N4O3. The summed E-state index contributed by atoms with van der Waals surface area (Å²) in [5.74, 6) is 0.323. The summed E-state index contributed by atoms with van der Waals surface area (Å²) < 4.78 is 6.26. The number of nitrogens with zero attached hydrogens (tertiary/aromatic N) is 3. The normalized spacial score (nSPS) is 11.7. The van der Waals surface area contributed by atoms with Crippen LogP contribution in [-0.2, 0) is 4.79 Å². The van der Waals surface area contributed by atoms with Crippen molar-refractivity contribution in [3.8, 4) is 17.0 Å². The first-order valence-corrected chi connectivity index (χ1v) is 8.87. The van der Waals surface area contributed by atoms with Crippen LogP contribution in [0, 0.1) is 13.8 Å². The number of methoxy groups -OCH3 is 1. The van der Waals surface area contributed by atoms with Crippen molar-refractivity contribution < 1.29 is 9.53 Å². The van der Waals surface area contributed by atoms with Crippen LogP contribution < -0.4 is 15.7 Å². The summed E-state index contributed by atoms with van der Waals surface area (Å²) in [6, 6.07) is 12.2. The molecule has 1 atom stereocenters. The largest absolute Gasteiger partial charge is 0.497 e. The quantitative estimate of drug-likeness (QED) is 0.737. The fraction of sp³-hybridized carbons (Fsp3) is 0.238. The number of amides is 1. The molecule has 3 aromatic rings. The van der Waals surface area contributed by atoms with Crippen LogP contribution >= 0.6 is 0 Å². The molecule has 3 rings (SSSR count). The fourth-order valence-corrected chi connectivity index (χ4v) is 2.76. The van der Waals surface area contributed by atoms with Crippen molar-refractivity contribution in [3.05, 3.63) is 70.3 Å². The zero-order valence-electron chi connectivity index (χ0n) is 16.3. The lowest BCUT2D eigenvalue weighted by molar-refractivity contribution is -0.119. The van der Waals surface area contributed by atoms with Crippen LogP contribution in [0.15, 0.2) is 53.5 Å². The number of aryl methyl sites for hydroxylation is 2. The summed E-state index contributed by atoms with van der Waals surface area (Å²) in [5.41, 5.74) is 3.23. The number of hydrogen-bond acceptors (Lipinski definition) is 5. The Hall–Kier alpha value is -3.48. The van der Waals surface area contributed by atoms with E-state index in [1.807, 2.05) is 44.2 Å². The Labute approximate surface area is 163 Å². The zero-order chi connectivity index (χ0) is 20.3. The summed E-state index contributed by atoms with van der Waals surface area (Å²) in [7, 11) is 1.57. The van der Waals surface area contributed by atoms with Crippen molar-refractivity contribution in [2.75, 3.05) is 12.4 Å². The third-order valence-electron chi connectivity index (χ3n) is 4.48. The third-order valence-corrected chi connectivity index (χ3v) is 4.48. The fourth-order valence-electron chi connectivity index (χ4n) is 2.76. The Bertz CT molecular complexity index is 1080. The van der Waals surface area contributed by atoms with E-state index >= 15 is 0 Å². The molecule has 0 aliphatic carbocycles. The highest BCUT2D eigenvalue weighted by Crippen LogP contribution is 2.21. The van der Waals surface area contributed by atoms with Gasteiger partial charge in [0.05, 0.1) is 19.0 Å². The molecule has 0 aliphatic rings. The molecule has 1 aromatic heterocycles. The third kappa shape index (κ3) is 4.09. The minimum Gasteiger partial charge on any atom is -0.497 e. The predicted octanol–water partition coefficient (Wildman–Crippen LogP) is 3.13. The highest BCUT2D eigenvalue weighted by molar-refractivity contribution is 5.94. The maximum absolute atomic E-state index is 12.6. The number of carbonyl (C=O) groups excluding carboxylic acids is 1. The van der Waals surface area contributed by atoms with Gasteiger partial charge in [0.25, 0.3) is 0 Å². The molecule has 0 spiro atoms. The number of carbonyl (C=O) groups is 1.